The van der Waals surface area contributed by atoms with Crippen molar-refractivity contribution < 1.29 is 17.7 Å². The molecule has 9 nitrogen and oxygen atoms in total. The predicted octanol–water partition coefficient (Wildman–Crippen LogP) is 0.427. The molecule has 4 aliphatic rings. The van der Waals surface area contributed by atoms with Gasteiger partial charge in [-0.25, -0.2) is 0 Å². The van der Waals surface area contributed by atoms with E-state index >= 15 is 0 Å². The molecule has 0 radical (unpaired) electrons. The summed E-state index contributed by atoms with van der Waals surface area (Å²) < 4.78 is 34.9. The van der Waals surface area contributed by atoms with E-state index in [4.69, 9.17) is 4.52 Å². The van der Waals surface area contributed by atoms with Crippen molar-refractivity contribution in [2.24, 2.45) is 0 Å². The molecule has 0 unspecified atom stereocenters. The van der Waals surface area contributed by atoms with E-state index < -0.39 is 10.2 Å². The Morgan fingerprint density at radius 3 is 2.46 bits per heavy atom. The average molecular weight is 410 g/mol. The molecule has 1 aromatic heterocycles. The van der Waals surface area contributed by atoms with E-state index in [-0.39, 0.29) is 24.0 Å². The fraction of sp³-hybridized carbons (Fsp3) is 0.778. The molecule has 28 heavy (non-hydrogen) atoms. The van der Waals surface area contributed by atoms with E-state index in [9.17, 15) is 13.2 Å². The van der Waals surface area contributed by atoms with Gasteiger partial charge in [-0.1, -0.05) is 5.16 Å². The van der Waals surface area contributed by atoms with Crippen molar-refractivity contribution in [1.82, 2.24) is 24.4 Å². The molecular weight excluding hydrogens is 382 g/mol. The number of hydrogen-bond acceptors (Lipinski definition) is 6. The minimum absolute atomic E-state index is 0.0273. The predicted molar refractivity (Wildman–Crippen MR) is 101 cm³/mol. The van der Waals surface area contributed by atoms with Gasteiger partial charge in [0.15, 0.2) is 5.69 Å². The number of nitrogens with zero attached hydrogens (tertiary/aromatic N) is 3. The van der Waals surface area contributed by atoms with Crippen LogP contribution in [0.15, 0.2) is 10.6 Å². The number of fused-ring (bicyclic) bond motifs is 2. The van der Waals surface area contributed by atoms with E-state index in [2.05, 4.69) is 15.8 Å². The van der Waals surface area contributed by atoms with Gasteiger partial charge in [0.05, 0.1) is 0 Å². The molecule has 0 aromatic carbocycles. The average Bonchev–Trinajstić information content (AvgIpc) is 3.35. The summed E-state index contributed by atoms with van der Waals surface area (Å²) in [6, 6.07) is 1.64. The SMILES string of the molecule is O=C(N[C@H]1C[C@H]2CC[C@@H](C1)N2S(=O)(=O)N1CCNCC1)c1cc(C2CC2)on1. The van der Waals surface area contributed by atoms with Crippen molar-refractivity contribution in [2.45, 2.75) is 62.6 Å². The van der Waals surface area contributed by atoms with Crippen LogP contribution in [0.4, 0.5) is 0 Å². The zero-order valence-corrected chi connectivity index (χ0v) is 16.7. The van der Waals surface area contributed by atoms with Gasteiger partial charge in [0.1, 0.15) is 5.76 Å². The zero-order valence-electron chi connectivity index (χ0n) is 15.8. The first kappa shape index (κ1) is 18.5. The zero-order chi connectivity index (χ0) is 19.3. The van der Waals surface area contributed by atoms with Crippen molar-refractivity contribution in [3.63, 3.8) is 0 Å². The molecule has 5 rings (SSSR count). The second-order valence-electron chi connectivity index (χ2n) is 8.40. The number of hydrogen-bond donors (Lipinski definition) is 2. The van der Waals surface area contributed by atoms with Gasteiger partial charge in [-0.15, -0.1) is 0 Å². The summed E-state index contributed by atoms with van der Waals surface area (Å²) in [5.41, 5.74) is 0.324. The van der Waals surface area contributed by atoms with E-state index in [1.54, 1.807) is 14.7 Å². The third-order valence-corrected chi connectivity index (χ3v) is 8.56. The molecule has 3 atom stereocenters. The highest BCUT2D eigenvalue weighted by Gasteiger charge is 2.49. The van der Waals surface area contributed by atoms with Crippen LogP contribution >= 0.6 is 0 Å². The highest BCUT2D eigenvalue weighted by molar-refractivity contribution is 7.86. The first-order chi connectivity index (χ1) is 13.5. The molecule has 3 saturated heterocycles. The summed E-state index contributed by atoms with van der Waals surface area (Å²) in [5, 5.41) is 10.2. The lowest BCUT2D eigenvalue weighted by atomic mass is 9.99. The Labute approximate surface area is 165 Å². The lowest BCUT2D eigenvalue weighted by Crippen LogP contribution is -2.58. The molecule has 4 heterocycles. The number of piperidine rings is 1. The summed E-state index contributed by atoms with van der Waals surface area (Å²) in [6.45, 7) is 2.44. The maximum Gasteiger partial charge on any atom is 0.282 e. The monoisotopic (exact) mass is 409 g/mol. The van der Waals surface area contributed by atoms with Crippen LogP contribution in [0.3, 0.4) is 0 Å². The molecule has 4 fully saturated rings. The van der Waals surface area contributed by atoms with Crippen LogP contribution in [-0.2, 0) is 10.2 Å². The second kappa shape index (κ2) is 7.08. The molecule has 1 saturated carbocycles. The Balaban J connectivity index is 1.24. The van der Waals surface area contributed by atoms with Crippen LogP contribution in [-0.4, -0.2) is 72.4 Å². The van der Waals surface area contributed by atoms with Crippen molar-refractivity contribution >= 4 is 16.1 Å². The van der Waals surface area contributed by atoms with E-state index in [1.165, 1.54) is 0 Å². The molecule has 2 bridgehead atoms. The van der Waals surface area contributed by atoms with Gasteiger partial charge in [-0.2, -0.15) is 17.0 Å². The minimum Gasteiger partial charge on any atom is -0.360 e. The number of carbonyl (C=O) groups is 1. The van der Waals surface area contributed by atoms with Gasteiger partial charge in [-0.3, -0.25) is 4.79 Å². The smallest absolute Gasteiger partial charge is 0.282 e. The Kier molecular flexibility index (Phi) is 4.69. The van der Waals surface area contributed by atoms with Crippen molar-refractivity contribution in [3.8, 4) is 0 Å². The molecule has 1 aromatic rings. The third kappa shape index (κ3) is 3.36. The van der Waals surface area contributed by atoms with E-state index in [1.807, 2.05) is 0 Å². The number of nitrogens with one attached hydrogen (secondary N) is 2. The second-order valence-corrected chi connectivity index (χ2v) is 10.2. The van der Waals surface area contributed by atoms with Crippen molar-refractivity contribution in [1.29, 1.82) is 0 Å². The Bertz CT molecular complexity index is 832. The van der Waals surface area contributed by atoms with Crippen LogP contribution in [0.5, 0.6) is 0 Å². The Morgan fingerprint density at radius 2 is 1.82 bits per heavy atom. The maximum atomic E-state index is 13.1. The summed E-state index contributed by atoms with van der Waals surface area (Å²) >= 11 is 0. The Hall–Kier alpha value is -1.49. The summed E-state index contributed by atoms with van der Waals surface area (Å²) in [4.78, 5) is 12.5. The quantitative estimate of drug-likeness (QED) is 0.730. The maximum absolute atomic E-state index is 13.1. The highest BCUT2D eigenvalue weighted by Crippen LogP contribution is 2.41. The normalized spacial score (nSPS) is 31.8. The molecule has 1 aliphatic carbocycles. The molecule has 1 amide bonds. The molecule has 0 spiro atoms. The highest BCUT2D eigenvalue weighted by atomic mass is 32.2. The van der Waals surface area contributed by atoms with Crippen LogP contribution in [0, 0.1) is 0 Å². The molecule has 2 N–H and O–H groups in total. The van der Waals surface area contributed by atoms with Crippen LogP contribution in [0.1, 0.15) is 60.7 Å². The standard InChI is InChI=1S/C18H27N5O4S/c24-18(16-11-17(27-21-16)12-1-2-12)20-13-9-14-3-4-15(10-13)23(14)28(25,26)22-7-5-19-6-8-22/h11-15,19H,1-10H2,(H,20,24)/t13-,14+,15-. The topological polar surface area (TPSA) is 108 Å². The van der Waals surface area contributed by atoms with Crippen LogP contribution in [0.2, 0.25) is 0 Å². The van der Waals surface area contributed by atoms with E-state index in [0.717, 1.165) is 31.4 Å². The van der Waals surface area contributed by atoms with Crippen LogP contribution < -0.4 is 10.6 Å². The van der Waals surface area contributed by atoms with Crippen molar-refractivity contribution in [2.75, 3.05) is 26.2 Å². The van der Waals surface area contributed by atoms with E-state index in [0.29, 0.717) is 50.6 Å². The van der Waals surface area contributed by atoms with Gasteiger partial charge in [0.25, 0.3) is 16.1 Å². The molecule has 10 heteroatoms. The summed E-state index contributed by atoms with van der Waals surface area (Å²) in [7, 11) is -3.44. The lowest BCUT2D eigenvalue weighted by molar-refractivity contribution is 0.0898. The first-order valence-electron chi connectivity index (χ1n) is 10.3. The summed E-state index contributed by atoms with van der Waals surface area (Å²) in [5.74, 6) is 0.990. The first-order valence-corrected chi connectivity index (χ1v) is 11.7. The molecule has 3 aliphatic heterocycles. The van der Waals surface area contributed by atoms with Gasteiger partial charge < -0.3 is 15.2 Å². The van der Waals surface area contributed by atoms with Gasteiger partial charge >= 0.3 is 0 Å². The van der Waals surface area contributed by atoms with Gasteiger partial charge in [-0.05, 0) is 38.5 Å². The number of aromatic nitrogens is 1. The molecular formula is C18H27N5O4S. The fourth-order valence-electron chi connectivity index (χ4n) is 4.85. The van der Waals surface area contributed by atoms with Gasteiger partial charge in [0, 0.05) is 56.3 Å². The van der Waals surface area contributed by atoms with Gasteiger partial charge in [0.2, 0.25) is 0 Å². The summed E-state index contributed by atoms with van der Waals surface area (Å²) in [6.07, 6.45) is 5.22. The third-order valence-electron chi connectivity index (χ3n) is 6.41. The fourth-order valence-corrected chi connectivity index (χ4v) is 6.90. The number of carbonyl (C=O) groups excluding carboxylic acids is 1. The Morgan fingerprint density at radius 1 is 1.14 bits per heavy atom. The van der Waals surface area contributed by atoms with Crippen LogP contribution in [0.25, 0.3) is 0 Å². The molecule has 154 valence electrons. The minimum atomic E-state index is -3.44. The van der Waals surface area contributed by atoms with Crippen molar-refractivity contribution in [3.05, 3.63) is 17.5 Å². The largest absolute Gasteiger partial charge is 0.360 e. The number of amides is 1. The number of piperazine rings is 1. The lowest BCUT2D eigenvalue weighted by Gasteiger charge is -2.41. The number of rotatable bonds is 5.